The van der Waals surface area contributed by atoms with Crippen molar-refractivity contribution in [1.29, 1.82) is 0 Å². The fourth-order valence-corrected chi connectivity index (χ4v) is 0.298. The van der Waals surface area contributed by atoms with Gasteiger partial charge in [-0.15, -0.1) is 0 Å². The minimum atomic E-state index is -0.992. The Morgan fingerprint density at radius 1 is 1.78 bits per heavy atom. The zero-order valence-electron chi connectivity index (χ0n) is 4.65. The molecule has 0 aliphatic carbocycles. The van der Waals surface area contributed by atoms with Crippen molar-refractivity contribution in [2.45, 2.75) is 12.8 Å². The lowest BCUT2D eigenvalue weighted by Crippen LogP contribution is -2.00. The first kappa shape index (κ1) is 7.74. The minimum absolute atomic E-state index is 0.0509. The Labute approximate surface area is 51.4 Å². The molecule has 5 heteroatoms. The normalized spacial score (nSPS) is 11.3. The summed E-state index contributed by atoms with van der Waals surface area (Å²) in [5.41, 5.74) is 0. The molecule has 0 aliphatic heterocycles. The molecule has 0 saturated heterocycles. The van der Waals surface area contributed by atoms with Crippen molar-refractivity contribution in [1.82, 2.24) is 0 Å². The molecule has 0 bridgehead atoms. The third-order valence-electron chi connectivity index (χ3n) is 0.643. The zero-order chi connectivity index (χ0) is 7.28. The lowest BCUT2D eigenvalue weighted by atomic mass is 10.3. The summed E-state index contributed by atoms with van der Waals surface area (Å²) in [4.78, 5) is 9.36. The van der Waals surface area contributed by atoms with Crippen LogP contribution in [0.25, 0.3) is 0 Å². The molecule has 0 amide bonds. The largest absolute Gasteiger partial charge is 0.481 e. The van der Waals surface area contributed by atoms with Crippen LogP contribution in [0.1, 0.15) is 12.8 Å². The van der Waals surface area contributed by atoms with E-state index in [-0.39, 0.29) is 12.8 Å². The van der Waals surface area contributed by atoms with Gasteiger partial charge in [-0.1, -0.05) is 0 Å². The van der Waals surface area contributed by atoms with Gasteiger partial charge in [-0.2, -0.15) is 0 Å². The second-order valence-electron chi connectivity index (χ2n) is 1.42. The molecule has 9 heavy (non-hydrogen) atoms. The summed E-state index contributed by atoms with van der Waals surface area (Å²) in [7, 11) is 0. The molecule has 0 heterocycles. The van der Waals surface area contributed by atoms with Gasteiger partial charge >= 0.3 is 5.97 Å². The number of nitrogens with zero attached hydrogens (tertiary/aromatic N) is 1. The quantitative estimate of drug-likeness (QED) is 0.242. The van der Waals surface area contributed by atoms with Crippen molar-refractivity contribution in [3.8, 4) is 0 Å². The van der Waals surface area contributed by atoms with Crippen molar-refractivity contribution in [3.05, 3.63) is 5.21 Å². The number of hydrogen-bond donors (Lipinski definition) is 2. The molecule has 2 N–H and O–H groups in total. The van der Waals surface area contributed by atoms with Gasteiger partial charge in [0.25, 0.3) is 0 Å². The zero-order valence-corrected chi connectivity index (χ0v) is 4.65. The van der Waals surface area contributed by atoms with E-state index in [0.717, 1.165) is 6.21 Å². The number of carboxylic acid groups (broad SMARTS) is 1. The van der Waals surface area contributed by atoms with Crippen LogP contribution in [0.5, 0.6) is 0 Å². The van der Waals surface area contributed by atoms with E-state index in [1.165, 1.54) is 0 Å². The molecule has 0 atom stereocenters. The molecule has 0 saturated carbocycles. The van der Waals surface area contributed by atoms with Gasteiger partial charge in [0.05, 0.1) is 6.42 Å². The number of aliphatic carboxylic acids is 1. The summed E-state index contributed by atoms with van der Waals surface area (Å²) < 4.78 is 0. The van der Waals surface area contributed by atoms with Gasteiger partial charge in [-0.05, 0) is 0 Å². The monoisotopic (exact) mass is 133 g/mol. The predicted octanol–water partition coefficient (Wildman–Crippen LogP) is -0.178. The van der Waals surface area contributed by atoms with E-state index in [4.69, 9.17) is 10.3 Å². The highest BCUT2D eigenvalue weighted by Crippen LogP contribution is 1.82. The van der Waals surface area contributed by atoms with Gasteiger partial charge in [0.2, 0.25) is 6.21 Å². The minimum Gasteiger partial charge on any atom is -0.481 e. The van der Waals surface area contributed by atoms with Gasteiger partial charge < -0.3 is 10.3 Å². The highest BCUT2D eigenvalue weighted by Gasteiger charge is 1.95. The average molecular weight is 133 g/mol. The first-order valence-electron chi connectivity index (χ1n) is 2.33. The Balaban J connectivity index is 3.31. The Morgan fingerprint density at radius 2 is 2.33 bits per heavy atom. The van der Waals surface area contributed by atoms with Crippen molar-refractivity contribution in [2.24, 2.45) is 0 Å². The molecule has 5 nitrogen and oxygen atoms in total. The summed E-state index contributed by atoms with van der Waals surface area (Å²) in [5, 5.41) is 25.5. The fourth-order valence-electron chi connectivity index (χ4n) is 0.298. The van der Waals surface area contributed by atoms with E-state index >= 15 is 0 Å². The molecule has 0 aromatic carbocycles. The molecule has 0 aliphatic rings. The van der Waals surface area contributed by atoms with Gasteiger partial charge in [0.1, 0.15) is 0 Å². The lowest BCUT2D eigenvalue weighted by molar-refractivity contribution is -0.723. The SMILES string of the molecule is O=C(O)CCC=[N+]([O-])O. The van der Waals surface area contributed by atoms with Gasteiger partial charge in [-0.25, -0.2) is 0 Å². The first-order chi connectivity index (χ1) is 4.13. The Kier molecular flexibility index (Phi) is 3.19. The smallest absolute Gasteiger partial charge is 0.303 e. The predicted molar refractivity (Wildman–Crippen MR) is 28.3 cm³/mol. The standard InChI is InChI=1S/C4H7NO4/c6-4(7)2-1-3-5(8)9/h3H,1-2H2,(H,6,7)(H,8,9). The van der Waals surface area contributed by atoms with E-state index in [1.54, 1.807) is 0 Å². The van der Waals surface area contributed by atoms with Gasteiger partial charge in [0, 0.05) is 11.3 Å². The third-order valence-corrected chi connectivity index (χ3v) is 0.643. The maximum atomic E-state index is 9.76. The number of hydrogen-bond acceptors (Lipinski definition) is 3. The van der Waals surface area contributed by atoms with Crippen LogP contribution in [-0.4, -0.2) is 27.4 Å². The average Bonchev–Trinajstić information content (AvgIpc) is 1.63. The van der Waals surface area contributed by atoms with Gasteiger partial charge in [0.15, 0.2) is 0 Å². The van der Waals surface area contributed by atoms with E-state index < -0.39 is 10.9 Å². The lowest BCUT2D eigenvalue weighted by Gasteiger charge is -1.84. The molecule has 0 radical (unpaired) electrons. The van der Waals surface area contributed by atoms with E-state index in [9.17, 15) is 10.0 Å². The van der Waals surface area contributed by atoms with Crippen LogP contribution in [0.3, 0.4) is 0 Å². The molecule has 0 spiro atoms. The van der Waals surface area contributed by atoms with Crippen molar-refractivity contribution in [3.63, 3.8) is 0 Å². The number of carboxylic acids is 1. The van der Waals surface area contributed by atoms with Crippen LogP contribution in [0.15, 0.2) is 0 Å². The topological polar surface area (TPSA) is 83.6 Å². The van der Waals surface area contributed by atoms with E-state index in [1.807, 2.05) is 0 Å². The van der Waals surface area contributed by atoms with Gasteiger partial charge in [-0.3, -0.25) is 10.0 Å². The molecule has 0 rings (SSSR count). The van der Waals surface area contributed by atoms with Crippen LogP contribution >= 0.6 is 0 Å². The number of rotatable bonds is 3. The van der Waals surface area contributed by atoms with Crippen LogP contribution in [0.2, 0.25) is 0 Å². The summed E-state index contributed by atoms with van der Waals surface area (Å²) in [5.74, 6) is -0.992. The molecule has 0 unspecified atom stereocenters. The molecule has 52 valence electrons. The highest BCUT2D eigenvalue weighted by molar-refractivity contribution is 5.70. The highest BCUT2D eigenvalue weighted by atomic mass is 16.8. The summed E-state index contributed by atoms with van der Waals surface area (Å²) in [6.45, 7) is 0. The molecular formula is C4H7NO4. The van der Waals surface area contributed by atoms with Crippen LogP contribution < -0.4 is 0 Å². The molecular weight excluding hydrogens is 126 g/mol. The fraction of sp³-hybridized carbons (Fsp3) is 0.500. The Bertz CT molecular complexity index is 127. The number of carbonyl (C=O) groups is 1. The maximum absolute atomic E-state index is 9.76. The van der Waals surface area contributed by atoms with Crippen molar-refractivity contribution in [2.75, 3.05) is 0 Å². The Hall–Kier alpha value is -1.26. The second kappa shape index (κ2) is 3.71. The summed E-state index contributed by atoms with van der Waals surface area (Å²) in [6.07, 6.45) is 0.753. The third kappa shape index (κ3) is 6.74. The Morgan fingerprint density at radius 3 is 2.67 bits per heavy atom. The molecule has 0 fully saturated rings. The second-order valence-corrected chi connectivity index (χ2v) is 1.42. The summed E-state index contributed by atoms with van der Waals surface area (Å²) >= 11 is 0. The van der Waals surface area contributed by atoms with Crippen LogP contribution in [-0.2, 0) is 4.79 Å². The van der Waals surface area contributed by atoms with Crippen LogP contribution in [0.4, 0.5) is 0 Å². The molecule has 0 aromatic rings. The van der Waals surface area contributed by atoms with E-state index in [0.29, 0.717) is 0 Å². The summed E-state index contributed by atoms with van der Waals surface area (Å²) in [6, 6.07) is 0. The maximum Gasteiger partial charge on any atom is 0.303 e. The molecule has 0 aromatic heterocycles. The van der Waals surface area contributed by atoms with E-state index in [2.05, 4.69) is 0 Å². The van der Waals surface area contributed by atoms with Crippen LogP contribution in [0, 0.1) is 5.21 Å². The first-order valence-corrected chi connectivity index (χ1v) is 2.33. The van der Waals surface area contributed by atoms with Crippen molar-refractivity contribution >= 4 is 12.2 Å². The van der Waals surface area contributed by atoms with Crippen molar-refractivity contribution < 1.29 is 20.0 Å².